The van der Waals surface area contributed by atoms with E-state index < -0.39 is 37.9 Å². The van der Waals surface area contributed by atoms with Gasteiger partial charge < -0.3 is 9.53 Å². The highest BCUT2D eigenvalue weighted by molar-refractivity contribution is 6.99. The highest BCUT2D eigenvalue weighted by Crippen LogP contribution is 2.44. The molecule has 0 aliphatic heterocycles. The molecule has 0 fully saturated rings. The molecule has 3 nitrogen and oxygen atoms in total. The van der Waals surface area contributed by atoms with Crippen LogP contribution < -0.4 is 10.4 Å². The second-order valence-corrected chi connectivity index (χ2v) is 12.6. The second-order valence-electron chi connectivity index (χ2n) is 8.38. The minimum atomic E-state index is -3.62. The van der Waals surface area contributed by atoms with Crippen molar-refractivity contribution in [3.8, 4) is 0 Å². The first-order valence-electron chi connectivity index (χ1n) is 10.0. The van der Waals surface area contributed by atoms with Crippen molar-refractivity contribution in [3.05, 3.63) is 90.3 Å². The zero-order valence-corrected chi connectivity index (χ0v) is 18.7. The number of aliphatic hydroxyl groups is 1. The first-order chi connectivity index (χ1) is 14.6. The molecule has 3 rings (SSSR count). The van der Waals surface area contributed by atoms with Crippen molar-refractivity contribution in [1.29, 1.82) is 0 Å². The van der Waals surface area contributed by atoms with Gasteiger partial charge >= 0.3 is 12.3 Å². The first-order valence-corrected chi connectivity index (χ1v) is 11.9. The Labute approximate surface area is 181 Å². The minimum Gasteiger partial charge on any atom is -0.390 e. The number of benzene rings is 2. The summed E-state index contributed by atoms with van der Waals surface area (Å²) in [5, 5.41) is 10.0. The maximum Gasteiger partial charge on any atom is 0.305 e. The Bertz CT molecular complexity index is 957. The molecule has 0 amide bonds. The predicted molar refractivity (Wildman–Crippen MR) is 118 cm³/mol. The number of rotatable bonds is 7. The van der Waals surface area contributed by atoms with Gasteiger partial charge in [0.2, 0.25) is 0 Å². The summed E-state index contributed by atoms with van der Waals surface area (Å²) >= 11 is 0. The standard InChI is InChI=1S/C24H26F3NO2Si/c1-23(2,3)31(19-12-6-4-7-13-19,20-14-8-5-9-15-20)30-24(27,22(25)26)21-16-10-11-18(17-29)28-21/h4-16,22,29H,17H2,1-3H3. The van der Waals surface area contributed by atoms with Crippen molar-refractivity contribution in [1.82, 2.24) is 4.98 Å². The fourth-order valence-corrected chi connectivity index (χ4v) is 8.41. The number of aliphatic hydroxyl groups excluding tert-OH is 1. The monoisotopic (exact) mass is 445 g/mol. The Morgan fingerprint density at radius 3 is 1.81 bits per heavy atom. The molecule has 0 bridgehead atoms. The molecule has 1 unspecified atom stereocenters. The van der Waals surface area contributed by atoms with E-state index in [1.165, 1.54) is 18.2 Å². The fraction of sp³-hybridized carbons (Fsp3) is 0.292. The molecule has 1 atom stereocenters. The number of alkyl halides is 3. The summed E-state index contributed by atoms with van der Waals surface area (Å²) in [7, 11) is -3.62. The Morgan fingerprint density at radius 2 is 1.39 bits per heavy atom. The summed E-state index contributed by atoms with van der Waals surface area (Å²) in [5.41, 5.74) is -0.465. The number of pyridine rings is 1. The SMILES string of the molecule is CC(C)(C)[Si](OC(F)(c1cccc(CO)n1)C(F)F)(c1ccccc1)c1ccccc1. The Kier molecular flexibility index (Phi) is 6.69. The topological polar surface area (TPSA) is 42.4 Å². The Balaban J connectivity index is 2.31. The van der Waals surface area contributed by atoms with E-state index in [1.54, 1.807) is 48.5 Å². The molecule has 0 spiro atoms. The van der Waals surface area contributed by atoms with Crippen LogP contribution in [0.5, 0.6) is 0 Å². The Morgan fingerprint density at radius 1 is 0.871 bits per heavy atom. The van der Waals surface area contributed by atoms with Crippen molar-refractivity contribution in [2.24, 2.45) is 0 Å². The van der Waals surface area contributed by atoms with Crippen LogP contribution in [-0.4, -0.2) is 24.8 Å². The lowest BCUT2D eigenvalue weighted by Gasteiger charge is -2.46. The molecule has 1 aromatic heterocycles. The number of aromatic nitrogens is 1. The molecular weight excluding hydrogens is 419 g/mol. The van der Waals surface area contributed by atoms with Crippen molar-refractivity contribution in [3.63, 3.8) is 0 Å². The summed E-state index contributed by atoms with van der Waals surface area (Å²) < 4.78 is 51.1. The molecular formula is C24H26F3NO2Si. The average molecular weight is 446 g/mol. The molecule has 2 aromatic carbocycles. The van der Waals surface area contributed by atoms with Crippen molar-refractivity contribution in [2.45, 2.75) is 44.7 Å². The quantitative estimate of drug-likeness (QED) is 0.543. The van der Waals surface area contributed by atoms with Crippen LogP contribution in [0.25, 0.3) is 0 Å². The molecule has 1 N–H and O–H groups in total. The minimum absolute atomic E-state index is 0.0891. The second kappa shape index (κ2) is 8.94. The average Bonchev–Trinajstić information content (AvgIpc) is 2.77. The van der Waals surface area contributed by atoms with E-state index in [0.717, 1.165) is 0 Å². The molecule has 164 valence electrons. The molecule has 31 heavy (non-hydrogen) atoms. The van der Waals surface area contributed by atoms with Crippen LogP contribution in [0.1, 0.15) is 32.2 Å². The first kappa shape index (κ1) is 23.2. The van der Waals surface area contributed by atoms with Crippen LogP contribution >= 0.6 is 0 Å². The van der Waals surface area contributed by atoms with Gasteiger partial charge in [-0.25, -0.2) is 13.8 Å². The lowest BCUT2D eigenvalue weighted by Crippen LogP contribution is -2.69. The molecule has 7 heteroatoms. The largest absolute Gasteiger partial charge is 0.390 e. The van der Waals surface area contributed by atoms with E-state index in [-0.39, 0.29) is 5.69 Å². The predicted octanol–water partition coefficient (Wildman–Crippen LogP) is 4.54. The third kappa shape index (κ3) is 4.30. The van der Waals surface area contributed by atoms with Crippen LogP contribution in [-0.2, 0) is 16.9 Å². The number of hydrogen-bond donors (Lipinski definition) is 1. The van der Waals surface area contributed by atoms with Gasteiger partial charge in [0.25, 0.3) is 8.32 Å². The summed E-state index contributed by atoms with van der Waals surface area (Å²) in [5.74, 6) is -3.46. The number of nitrogens with zero attached hydrogens (tertiary/aromatic N) is 1. The van der Waals surface area contributed by atoms with E-state index >= 15 is 4.39 Å². The third-order valence-electron chi connectivity index (χ3n) is 5.32. The van der Waals surface area contributed by atoms with Crippen LogP contribution in [0.3, 0.4) is 0 Å². The lowest BCUT2D eigenvalue weighted by atomic mass is 10.2. The van der Waals surface area contributed by atoms with Crippen LogP contribution in [0, 0.1) is 0 Å². The maximum atomic E-state index is 16.3. The maximum absolute atomic E-state index is 16.3. The molecule has 0 aliphatic carbocycles. The van der Waals surface area contributed by atoms with Gasteiger partial charge in [0, 0.05) is 0 Å². The molecule has 0 radical (unpaired) electrons. The van der Waals surface area contributed by atoms with Gasteiger partial charge in [0.05, 0.1) is 12.3 Å². The van der Waals surface area contributed by atoms with Gasteiger partial charge in [-0.3, -0.25) is 0 Å². The Hall–Kier alpha value is -2.48. The highest BCUT2D eigenvalue weighted by atomic mass is 28.4. The third-order valence-corrected chi connectivity index (χ3v) is 10.3. The normalized spacial score (nSPS) is 14.5. The van der Waals surface area contributed by atoms with Crippen LogP contribution in [0.2, 0.25) is 5.04 Å². The molecule has 0 aliphatic rings. The van der Waals surface area contributed by atoms with Gasteiger partial charge in [0.1, 0.15) is 5.69 Å². The lowest BCUT2D eigenvalue weighted by molar-refractivity contribution is -0.183. The van der Waals surface area contributed by atoms with E-state index in [2.05, 4.69) is 4.98 Å². The fourth-order valence-electron chi connectivity index (χ4n) is 3.84. The van der Waals surface area contributed by atoms with Crippen LogP contribution in [0.15, 0.2) is 78.9 Å². The van der Waals surface area contributed by atoms with Gasteiger partial charge in [0.15, 0.2) is 0 Å². The zero-order chi connectivity index (χ0) is 22.7. The van der Waals surface area contributed by atoms with Crippen molar-refractivity contribution < 1.29 is 22.7 Å². The van der Waals surface area contributed by atoms with Gasteiger partial charge in [-0.15, -0.1) is 0 Å². The van der Waals surface area contributed by atoms with Gasteiger partial charge in [-0.05, 0) is 27.5 Å². The van der Waals surface area contributed by atoms with E-state index in [9.17, 15) is 13.9 Å². The molecule has 1 heterocycles. The van der Waals surface area contributed by atoms with E-state index in [1.807, 2.05) is 32.9 Å². The van der Waals surface area contributed by atoms with Gasteiger partial charge in [-0.1, -0.05) is 87.5 Å². The molecule has 0 saturated carbocycles. The summed E-state index contributed by atoms with van der Waals surface area (Å²) in [6, 6.07) is 22.0. The molecule has 0 saturated heterocycles. The van der Waals surface area contributed by atoms with E-state index in [0.29, 0.717) is 10.4 Å². The zero-order valence-electron chi connectivity index (χ0n) is 17.7. The summed E-state index contributed by atoms with van der Waals surface area (Å²) in [4.78, 5) is 3.93. The highest BCUT2D eigenvalue weighted by Gasteiger charge is 2.59. The van der Waals surface area contributed by atoms with Crippen molar-refractivity contribution in [2.75, 3.05) is 0 Å². The van der Waals surface area contributed by atoms with Gasteiger partial charge in [-0.2, -0.15) is 4.39 Å². The van der Waals surface area contributed by atoms with E-state index in [4.69, 9.17) is 4.43 Å². The molecule has 3 aromatic rings. The number of hydrogen-bond acceptors (Lipinski definition) is 3. The van der Waals surface area contributed by atoms with Crippen molar-refractivity contribution >= 4 is 18.7 Å². The summed E-state index contributed by atoms with van der Waals surface area (Å²) in [6.45, 7) is 5.14. The smallest absolute Gasteiger partial charge is 0.305 e. The number of halogens is 3. The summed E-state index contributed by atoms with van der Waals surface area (Å²) in [6.07, 6.45) is -3.49. The van der Waals surface area contributed by atoms with Crippen LogP contribution in [0.4, 0.5) is 13.2 Å².